The monoisotopic (exact) mass is 417 g/mol. The molecule has 1 aliphatic rings. The van der Waals surface area contributed by atoms with E-state index in [1.54, 1.807) is 0 Å². The molecule has 0 bridgehead atoms. The van der Waals surface area contributed by atoms with Gasteiger partial charge in [0.1, 0.15) is 0 Å². The summed E-state index contributed by atoms with van der Waals surface area (Å²) in [7, 11) is 0. The zero-order valence-electron chi connectivity index (χ0n) is 14.8. The van der Waals surface area contributed by atoms with Crippen molar-refractivity contribution < 1.29 is 4.79 Å². The molecule has 27 heavy (non-hydrogen) atoms. The summed E-state index contributed by atoms with van der Waals surface area (Å²) >= 11 is 4.32. The number of thioether (sulfide) groups is 1. The molecule has 2 heterocycles. The van der Waals surface area contributed by atoms with Crippen LogP contribution in [-0.4, -0.2) is 32.9 Å². The number of nitrogens with one attached hydrogen (secondary N) is 2. The van der Waals surface area contributed by atoms with Gasteiger partial charge in [0.2, 0.25) is 11.0 Å². The summed E-state index contributed by atoms with van der Waals surface area (Å²) < 4.78 is 0.796. The molecule has 0 aliphatic heterocycles. The van der Waals surface area contributed by atoms with Gasteiger partial charge in [-0.05, 0) is 24.8 Å². The summed E-state index contributed by atoms with van der Waals surface area (Å²) in [6, 6.07) is 8.91. The first-order chi connectivity index (χ1) is 13.2. The maximum Gasteiger partial charge on any atom is 0.236 e. The van der Waals surface area contributed by atoms with Crippen LogP contribution in [0.5, 0.6) is 0 Å². The van der Waals surface area contributed by atoms with Crippen LogP contribution < -0.4 is 10.6 Å². The second-order valence-electron chi connectivity index (χ2n) is 6.22. The van der Waals surface area contributed by atoms with Gasteiger partial charge in [0.05, 0.1) is 11.4 Å². The summed E-state index contributed by atoms with van der Waals surface area (Å²) in [5.74, 6) is 0.201. The van der Waals surface area contributed by atoms with Crippen LogP contribution in [0.15, 0.2) is 34.0 Å². The van der Waals surface area contributed by atoms with Gasteiger partial charge in [-0.2, -0.15) is 0 Å². The Morgan fingerprint density at radius 1 is 1.22 bits per heavy atom. The molecule has 1 aliphatic carbocycles. The van der Waals surface area contributed by atoms with Crippen molar-refractivity contribution in [3.63, 3.8) is 0 Å². The van der Waals surface area contributed by atoms with Crippen molar-refractivity contribution in [3.8, 4) is 11.3 Å². The van der Waals surface area contributed by atoms with E-state index >= 15 is 0 Å². The molecule has 0 radical (unpaired) electrons. The highest BCUT2D eigenvalue weighted by atomic mass is 32.2. The van der Waals surface area contributed by atoms with Crippen LogP contribution in [0.25, 0.3) is 11.3 Å². The molecule has 1 saturated carbocycles. The fraction of sp³-hybridized carbons (Fsp3) is 0.333. The molecule has 2 aromatic heterocycles. The predicted molar refractivity (Wildman–Crippen MR) is 113 cm³/mol. The Hall–Kier alpha value is -1.97. The molecule has 1 fully saturated rings. The van der Waals surface area contributed by atoms with Gasteiger partial charge in [-0.3, -0.25) is 4.79 Å². The minimum Gasteiger partial charge on any atom is -0.357 e. The smallest absolute Gasteiger partial charge is 0.236 e. The summed E-state index contributed by atoms with van der Waals surface area (Å²) in [4.78, 5) is 16.7. The number of hydrogen-bond donors (Lipinski definition) is 2. The summed E-state index contributed by atoms with van der Waals surface area (Å²) in [5.41, 5.74) is 3.24. The molecular formula is C18H19N5OS3. The van der Waals surface area contributed by atoms with Gasteiger partial charge in [0, 0.05) is 17.0 Å². The first-order valence-electron chi connectivity index (χ1n) is 8.77. The molecule has 0 spiro atoms. The van der Waals surface area contributed by atoms with E-state index in [4.69, 9.17) is 0 Å². The largest absolute Gasteiger partial charge is 0.357 e. The average molecular weight is 418 g/mol. The van der Waals surface area contributed by atoms with Crippen LogP contribution in [0.1, 0.15) is 25.3 Å². The molecule has 3 aromatic rings. The Morgan fingerprint density at radius 2 is 2.04 bits per heavy atom. The Kier molecular flexibility index (Phi) is 5.70. The van der Waals surface area contributed by atoms with E-state index in [0.717, 1.165) is 27.1 Å². The highest BCUT2D eigenvalue weighted by Gasteiger charge is 2.22. The second-order valence-corrected chi connectivity index (χ2v) is 9.28. The van der Waals surface area contributed by atoms with Gasteiger partial charge >= 0.3 is 0 Å². The molecule has 9 heteroatoms. The highest BCUT2D eigenvalue weighted by molar-refractivity contribution is 8.01. The lowest BCUT2D eigenvalue weighted by atomic mass is 10.1. The van der Waals surface area contributed by atoms with Gasteiger partial charge in [-0.25, -0.2) is 4.98 Å². The van der Waals surface area contributed by atoms with Crippen molar-refractivity contribution >= 4 is 50.6 Å². The van der Waals surface area contributed by atoms with Crippen molar-refractivity contribution in [2.24, 2.45) is 0 Å². The number of aromatic nitrogens is 3. The molecular weight excluding hydrogens is 398 g/mol. The third-order valence-corrected chi connectivity index (χ3v) is 6.79. The third-order valence-electron chi connectivity index (χ3n) is 4.05. The Bertz CT molecular complexity index is 917. The topological polar surface area (TPSA) is 79.8 Å². The van der Waals surface area contributed by atoms with E-state index in [0.29, 0.717) is 11.2 Å². The molecule has 0 unspecified atom stereocenters. The second kappa shape index (κ2) is 8.37. The van der Waals surface area contributed by atoms with Gasteiger partial charge < -0.3 is 10.6 Å². The number of aryl methyl sites for hydroxylation is 1. The van der Waals surface area contributed by atoms with Gasteiger partial charge in [-0.1, -0.05) is 54.3 Å². The maximum atomic E-state index is 12.2. The number of thiazole rings is 1. The van der Waals surface area contributed by atoms with Gasteiger partial charge in [0.15, 0.2) is 9.47 Å². The van der Waals surface area contributed by atoms with Crippen molar-refractivity contribution in [1.29, 1.82) is 0 Å². The number of carbonyl (C=O) groups is 1. The Balaban J connectivity index is 1.29. The SMILES string of the molecule is CCc1ccc(-c2csc(NC(=O)CSc3nnc(NC4CC4)s3)n2)cc1. The number of amides is 1. The zero-order chi connectivity index (χ0) is 18.6. The number of nitrogens with zero attached hydrogens (tertiary/aromatic N) is 3. The minimum atomic E-state index is -0.0888. The highest BCUT2D eigenvalue weighted by Crippen LogP contribution is 2.30. The lowest BCUT2D eigenvalue weighted by molar-refractivity contribution is -0.113. The maximum absolute atomic E-state index is 12.2. The fourth-order valence-corrected chi connectivity index (χ4v) is 4.75. The molecule has 1 amide bonds. The standard InChI is InChI=1S/C18H19N5OS3/c1-2-11-3-5-12(6-4-11)14-9-25-16(20-14)21-15(24)10-26-18-23-22-17(27-18)19-13-7-8-13/h3-6,9,13H,2,7-8,10H2,1H3,(H,19,22)(H,20,21,24). The lowest BCUT2D eigenvalue weighted by Crippen LogP contribution is -2.13. The molecule has 140 valence electrons. The van der Waals surface area contributed by atoms with Crippen LogP contribution in [0, 0.1) is 0 Å². The number of carbonyl (C=O) groups excluding carboxylic acids is 1. The summed E-state index contributed by atoms with van der Waals surface area (Å²) in [5, 5.41) is 17.8. The fourth-order valence-electron chi connectivity index (χ4n) is 2.39. The average Bonchev–Trinajstić information content (AvgIpc) is 3.18. The lowest BCUT2D eigenvalue weighted by Gasteiger charge is -2.00. The summed E-state index contributed by atoms with van der Waals surface area (Å²) in [6.07, 6.45) is 3.41. The van der Waals surface area contributed by atoms with Crippen molar-refractivity contribution in [2.45, 2.75) is 36.6 Å². The van der Waals surface area contributed by atoms with E-state index in [-0.39, 0.29) is 11.7 Å². The van der Waals surface area contributed by atoms with E-state index in [9.17, 15) is 4.79 Å². The molecule has 1 aromatic carbocycles. The van der Waals surface area contributed by atoms with Crippen LogP contribution in [-0.2, 0) is 11.2 Å². The van der Waals surface area contributed by atoms with E-state index in [1.165, 1.54) is 52.8 Å². The molecule has 4 rings (SSSR count). The first kappa shape index (κ1) is 18.4. The molecule has 6 nitrogen and oxygen atoms in total. The van der Waals surface area contributed by atoms with E-state index in [1.807, 2.05) is 5.38 Å². The number of benzene rings is 1. The Labute approximate surface area is 169 Å². The molecule has 0 saturated heterocycles. The third kappa shape index (κ3) is 5.06. The summed E-state index contributed by atoms with van der Waals surface area (Å²) in [6.45, 7) is 2.13. The molecule has 0 atom stereocenters. The van der Waals surface area contributed by atoms with E-state index < -0.39 is 0 Å². The van der Waals surface area contributed by atoms with Crippen molar-refractivity contribution in [1.82, 2.24) is 15.2 Å². The van der Waals surface area contributed by atoms with Crippen molar-refractivity contribution in [2.75, 3.05) is 16.4 Å². The normalized spacial score (nSPS) is 13.5. The quantitative estimate of drug-likeness (QED) is 0.524. The van der Waals surface area contributed by atoms with E-state index in [2.05, 4.69) is 57.0 Å². The molecule has 2 N–H and O–H groups in total. The van der Waals surface area contributed by atoms with Gasteiger partial charge in [0.25, 0.3) is 0 Å². The minimum absolute atomic E-state index is 0.0888. The van der Waals surface area contributed by atoms with Crippen LogP contribution >= 0.6 is 34.4 Å². The first-order valence-corrected chi connectivity index (χ1v) is 11.5. The number of hydrogen-bond acceptors (Lipinski definition) is 8. The van der Waals surface area contributed by atoms with Crippen LogP contribution in [0.3, 0.4) is 0 Å². The van der Waals surface area contributed by atoms with Crippen molar-refractivity contribution in [3.05, 3.63) is 35.2 Å². The van der Waals surface area contributed by atoms with Crippen LogP contribution in [0.4, 0.5) is 10.3 Å². The predicted octanol–water partition coefficient (Wildman–Crippen LogP) is 4.53. The van der Waals surface area contributed by atoms with Gasteiger partial charge in [-0.15, -0.1) is 21.5 Å². The zero-order valence-corrected chi connectivity index (χ0v) is 17.2. The number of rotatable bonds is 8. The Morgan fingerprint density at radius 3 is 2.78 bits per heavy atom. The number of anilines is 2. The van der Waals surface area contributed by atoms with Crippen LogP contribution in [0.2, 0.25) is 0 Å².